The van der Waals surface area contributed by atoms with Gasteiger partial charge in [0.15, 0.2) is 0 Å². The highest BCUT2D eigenvalue weighted by Crippen LogP contribution is 2.17. The molecule has 2 nitrogen and oxygen atoms in total. The largest absolute Gasteiger partial charge is 0.380 e. The Balaban J connectivity index is 1.78. The van der Waals surface area contributed by atoms with Crippen molar-refractivity contribution in [2.75, 3.05) is 25.6 Å². The van der Waals surface area contributed by atoms with Crippen LogP contribution in [-0.2, 0) is 4.74 Å². The van der Waals surface area contributed by atoms with E-state index in [1.54, 1.807) is 0 Å². The van der Waals surface area contributed by atoms with Crippen molar-refractivity contribution in [1.29, 1.82) is 0 Å². The van der Waals surface area contributed by atoms with Gasteiger partial charge in [-0.25, -0.2) is 0 Å². The van der Waals surface area contributed by atoms with E-state index in [2.05, 4.69) is 5.32 Å². The molecular weight excluding hydrogens is 186 g/mol. The quantitative estimate of drug-likeness (QED) is 0.508. The molecule has 0 atom stereocenters. The third-order valence-electron chi connectivity index (χ3n) is 2.48. The first kappa shape index (κ1) is 11.3. The van der Waals surface area contributed by atoms with Crippen molar-refractivity contribution in [3.63, 3.8) is 0 Å². The second-order valence-electron chi connectivity index (χ2n) is 3.59. The molecule has 1 rings (SSSR count). The molecule has 0 aliphatic heterocycles. The normalized spacial score (nSPS) is 18.2. The van der Waals surface area contributed by atoms with Gasteiger partial charge in [-0.05, 0) is 25.8 Å². The Morgan fingerprint density at radius 1 is 1.23 bits per heavy atom. The van der Waals surface area contributed by atoms with E-state index < -0.39 is 0 Å². The molecule has 0 amide bonds. The third kappa shape index (κ3) is 5.50. The van der Waals surface area contributed by atoms with Crippen molar-refractivity contribution in [2.45, 2.75) is 38.1 Å². The van der Waals surface area contributed by atoms with Crippen molar-refractivity contribution in [2.24, 2.45) is 0 Å². The van der Waals surface area contributed by atoms with Gasteiger partial charge in [0.25, 0.3) is 0 Å². The molecule has 0 heterocycles. The van der Waals surface area contributed by atoms with Gasteiger partial charge >= 0.3 is 0 Å². The molecule has 0 aromatic carbocycles. The van der Waals surface area contributed by atoms with E-state index in [1.807, 2.05) is 0 Å². The summed E-state index contributed by atoms with van der Waals surface area (Å²) in [7, 11) is 0. The van der Waals surface area contributed by atoms with Gasteiger partial charge < -0.3 is 10.1 Å². The second-order valence-corrected chi connectivity index (χ2v) is 3.97. The summed E-state index contributed by atoms with van der Waals surface area (Å²) in [4.78, 5) is 0. The average molecular weight is 206 g/mol. The molecular formula is C10H20ClNO. The first-order valence-corrected chi connectivity index (χ1v) is 5.84. The van der Waals surface area contributed by atoms with Crippen LogP contribution in [0.4, 0.5) is 0 Å². The van der Waals surface area contributed by atoms with Gasteiger partial charge in [-0.3, -0.25) is 0 Å². The number of nitrogens with one attached hydrogen (secondary N) is 1. The predicted octanol–water partition coefficient (Wildman–Crippen LogP) is 2.16. The molecule has 0 unspecified atom stereocenters. The van der Waals surface area contributed by atoms with E-state index in [4.69, 9.17) is 16.3 Å². The Bertz CT molecular complexity index is 115. The zero-order chi connectivity index (χ0) is 9.36. The lowest BCUT2D eigenvalue weighted by atomic mass is 10.2. The van der Waals surface area contributed by atoms with E-state index in [9.17, 15) is 0 Å². The van der Waals surface area contributed by atoms with Gasteiger partial charge in [-0.2, -0.15) is 0 Å². The Morgan fingerprint density at radius 3 is 2.69 bits per heavy atom. The monoisotopic (exact) mass is 205 g/mol. The number of alkyl halides is 1. The minimum atomic E-state index is 0.607. The highest BCUT2D eigenvalue weighted by Gasteiger charge is 2.12. The molecule has 13 heavy (non-hydrogen) atoms. The number of halogens is 1. The van der Waals surface area contributed by atoms with E-state index in [-0.39, 0.29) is 0 Å². The molecule has 1 N–H and O–H groups in total. The highest BCUT2D eigenvalue weighted by atomic mass is 35.5. The van der Waals surface area contributed by atoms with Crippen molar-refractivity contribution in [1.82, 2.24) is 5.32 Å². The SMILES string of the molecule is ClCCOCCCNC1CCCC1. The van der Waals surface area contributed by atoms with Crippen molar-refractivity contribution in [3.05, 3.63) is 0 Å². The minimum absolute atomic E-state index is 0.607. The zero-order valence-electron chi connectivity index (χ0n) is 8.23. The van der Waals surface area contributed by atoms with E-state index >= 15 is 0 Å². The van der Waals surface area contributed by atoms with Gasteiger partial charge in [-0.15, -0.1) is 11.6 Å². The number of ether oxygens (including phenoxy) is 1. The molecule has 0 radical (unpaired) electrons. The van der Waals surface area contributed by atoms with Crippen LogP contribution >= 0.6 is 11.6 Å². The molecule has 0 spiro atoms. The molecule has 78 valence electrons. The molecule has 1 aliphatic carbocycles. The Hall–Kier alpha value is 0.210. The number of rotatable bonds is 7. The lowest BCUT2D eigenvalue weighted by Gasteiger charge is -2.11. The maximum absolute atomic E-state index is 5.48. The van der Waals surface area contributed by atoms with Gasteiger partial charge in [0.1, 0.15) is 0 Å². The van der Waals surface area contributed by atoms with Crippen molar-refractivity contribution in [3.8, 4) is 0 Å². The fraction of sp³-hybridized carbons (Fsp3) is 1.00. The highest BCUT2D eigenvalue weighted by molar-refractivity contribution is 6.17. The fourth-order valence-electron chi connectivity index (χ4n) is 1.77. The standard InChI is InChI=1S/C10H20ClNO/c11-6-9-13-8-3-7-12-10-4-1-2-5-10/h10,12H,1-9H2. The first-order chi connectivity index (χ1) is 6.43. The second kappa shape index (κ2) is 7.60. The summed E-state index contributed by atoms with van der Waals surface area (Å²) in [5.41, 5.74) is 0. The van der Waals surface area contributed by atoms with Crippen molar-refractivity contribution >= 4 is 11.6 Å². The number of hydrogen-bond donors (Lipinski definition) is 1. The molecule has 1 fully saturated rings. The predicted molar refractivity (Wildman–Crippen MR) is 56.4 cm³/mol. The van der Waals surface area contributed by atoms with E-state index in [0.717, 1.165) is 25.6 Å². The molecule has 0 aromatic rings. The Kier molecular flexibility index (Phi) is 6.60. The third-order valence-corrected chi connectivity index (χ3v) is 2.63. The number of hydrogen-bond acceptors (Lipinski definition) is 2. The molecule has 0 aromatic heterocycles. The van der Waals surface area contributed by atoms with Crippen LogP contribution in [0.2, 0.25) is 0 Å². The summed E-state index contributed by atoms with van der Waals surface area (Å²) in [6, 6.07) is 0.785. The lowest BCUT2D eigenvalue weighted by Crippen LogP contribution is -2.27. The molecule has 1 aliphatic rings. The Morgan fingerprint density at radius 2 is 2.00 bits per heavy atom. The molecule has 0 saturated heterocycles. The van der Waals surface area contributed by atoms with Crippen LogP contribution in [0.1, 0.15) is 32.1 Å². The summed E-state index contributed by atoms with van der Waals surface area (Å²) in [5.74, 6) is 0.607. The molecule has 1 saturated carbocycles. The maximum atomic E-state index is 5.48. The topological polar surface area (TPSA) is 21.3 Å². The minimum Gasteiger partial charge on any atom is -0.380 e. The zero-order valence-corrected chi connectivity index (χ0v) is 8.98. The van der Waals surface area contributed by atoms with Crippen LogP contribution in [0, 0.1) is 0 Å². The van der Waals surface area contributed by atoms with Crippen LogP contribution in [0.25, 0.3) is 0 Å². The summed E-state index contributed by atoms with van der Waals surface area (Å²) < 4.78 is 5.28. The fourth-order valence-corrected chi connectivity index (χ4v) is 1.88. The molecule has 0 bridgehead atoms. The van der Waals surface area contributed by atoms with Crippen molar-refractivity contribution < 1.29 is 4.74 Å². The summed E-state index contributed by atoms with van der Waals surface area (Å²) in [6.07, 6.45) is 6.64. The lowest BCUT2D eigenvalue weighted by molar-refractivity contribution is 0.146. The summed E-state index contributed by atoms with van der Waals surface area (Å²) >= 11 is 5.48. The van der Waals surface area contributed by atoms with Gasteiger partial charge in [0, 0.05) is 18.5 Å². The van der Waals surface area contributed by atoms with Crippen LogP contribution in [0.3, 0.4) is 0 Å². The van der Waals surface area contributed by atoms with Gasteiger partial charge in [0.05, 0.1) is 6.61 Å². The summed E-state index contributed by atoms with van der Waals surface area (Å²) in [5, 5.41) is 3.55. The maximum Gasteiger partial charge on any atom is 0.0601 e. The van der Waals surface area contributed by atoms with Crippen LogP contribution in [-0.4, -0.2) is 31.7 Å². The first-order valence-electron chi connectivity index (χ1n) is 5.30. The smallest absolute Gasteiger partial charge is 0.0601 e. The Labute approximate surface area is 86.0 Å². The van der Waals surface area contributed by atoms with Crippen LogP contribution < -0.4 is 5.32 Å². The van der Waals surface area contributed by atoms with Crippen LogP contribution in [0.15, 0.2) is 0 Å². The summed E-state index contributed by atoms with van der Waals surface area (Å²) in [6.45, 7) is 2.62. The van der Waals surface area contributed by atoms with Crippen LogP contribution in [0.5, 0.6) is 0 Å². The van der Waals surface area contributed by atoms with Gasteiger partial charge in [-0.1, -0.05) is 12.8 Å². The molecule has 3 heteroatoms. The van der Waals surface area contributed by atoms with E-state index in [1.165, 1.54) is 25.7 Å². The van der Waals surface area contributed by atoms with Gasteiger partial charge in [0.2, 0.25) is 0 Å². The van der Waals surface area contributed by atoms with E-state index in [0.29, 0.717) is 12.5 Å². The average Bonchev–Trinajstić information content (AvgIpc) is 2.63.